The molecule has 2 saturated carbocycles. The molecule has 0 spiro atoms. The van der Waals surface area contributed by atoms with E-state index in [1.165, 1.54) is 19.3 Å². The first-order chi connectivity index (χ1) is 4.88. The molecule has 3 rings (SSSR count). The maximum absolute atomic E-state index is 11.1. The lowest BCUT2D eigenvalue weighted by molar-refractivity contribution is -0.122. The summed E-state index contributed by atoms with van der Waals surface area (Å²) in [5, 5.41) is 3.05. The summed E-state index contributed by atoms with van der Waals surface area (Å²) < 4.78 is 0. The van der Waals surface area contributed by atoms with Crippen LogP contribution in [0.15, 0.2) is 0 Å². The van der Waals surface area contributed by atoms with E-state index in [0.29, 0.717) is 17.9 Å². The molecule has 2 heteroatoms. The summed E-state index contributed by atoms with van der Waals surface area (Å²) in [6.45, 7) is 0. The van der Waals surface area contributed by atoms with Gasteiger partial charge in [-0.3, -0.25) is 4.79 Å². The lowest BCUT2D eigenvalue weighted by Crippen LogP contribution is -2.34. The van der Waals surface area contributed by atoms with E-state index in [2.05, 4.69) is 5.32 Å². The summed E-state index contributed by atoms with van der Waals surface area (Å²) in [4.78, 5) is 11.1. The van der Waals surface area contributed by atoms with Crippen molar-refractivity contribution in [3.8, 4) is 0 Å². The first kappa shape index (κ1) is 5.16. The maximum atomic E-state index is 11.1. The summed E-state index contributed by atoms with van der Waals surface area (Å²) in [7, 11) is 0. The Morgan fingerprint density at radius 2 is 2.30 bits per heavy atom. The topological polar surface area (TPSA) is 29.1 Å². The van der Waals surface area contributed by atoms with Gasteiger partial charge in [0.1, 0.15) is 0 Å². The third-order valence-electron chi connectivity index (χ3n) is 3.38. The minimum Gasteiger partial charge on any atom is -0.353 e. The minimum absolute atomic E-state index is 0.347. The molecule has 3 fully saturated rings. The molecule has 0 aromatic heterocycles. The van der Waals surface area contributed by atoms with E-state index >= 15 is 0 Å². The standard InChI is InChI=1S/C8H11NO/c10-8-7-4-2-1-3-5(9-8)6(4)7/h4-7H,1-3H2,(H,9,10)/t4-,5+,6+,7+/m0/s1. The van der Waals surface area contributed by atoms with E-state index < -0.39 is 0 Å². The van der Waals surface area contributed by atoms with Gasteiger partial charge in [0.25, 0.3) is 0 Å². The molecule has 4 atom stereocenters. The molecule has 1 N–H and O–H groups in total. The third-order valence-corrected chi connectivity index (χ3v) is 3.38. The Morgan fingerprint density at radius 1 is 1.40 bits per heavy atom. The average Bonchev–Trinajstić information content (AvgIpc) is 2.51. The smallest absolute Gasteiger partial charge is 0.223 e. The zero-order valence-corrected chi connectivity index (χ0v) is 5.84. The van der Waals surface area contributed by atoms with E-state index in [4.69, 9.17) is 0 Å². The molecule has 2 nitrogen and oxygen atoms in total. The lowest BCUT2D eigenvalue weighted by Gasteiger charge is -2.20. The van der Waals surface area contributed by atoms with E-state index in [0.717, 1.165) is 11.8 Å². The Bertz CT molecular complexity index is 201. The Hall–Kier alpha value is -0.530. The fraction of sp³-hybridized carbons (Fsp3) is 0.875. The number of hydrogen-bond acceptors (Lipinski definition) is 1. The van der Waals surface area contributed by atoms with Crippen LogP contribution in [0.5, 0.6) is 0 Å². The molecule has 1 heterocycles. The molecule has 10 heavy (non-hydrogen) atoms. The Balaban J connectivity index is 1.95. The van der Waals surface area contributed by atoms with Crippen molar-refractivity contribution in [1.82, 2.24) is 5.32 Å². The molecule has 1 saturated heterocycles. The van der Waals surface area contributed by atoms with Gasteiger partial charge in [0.2, 0.25) is 5.91 Å². The second-order valence-electron chi connectivity index (χ2n) is 3.81. The van der Waals surface area contributed by atoms with Crippen molar-refractivity contribution in [1.29, 1.82) is 0 Å². The predicted molar refractivity (Wildman–Crippen MR) is 36.3 cm³/mol. The van der Waals surface area contributed by atoms with E-state index in [9.17, 15) is 4.79 Å². The Labute approximate surface area is 60.0 Å². The number of carbonyl (C=O) groups is 1. The van der Waals surface area contributed by atoms with Crippen LogP contribution in [0, 0.1) is 17.8 Å². The molecule has 0 aromatic carbocycles. The predicted octanol–water partition coefficient (Wildman–Crippen LogP) is 0.531. The fourth-order valence-electron chi connectivity index (χ4n) is 2.90. The number of piperidine rings is 1. The largest absolute Gasteiger partial charge is 0.353 e. The third kappa shape index (κ3) is 0.414. The van der Waals surface area contributed by atoms with Gasteiger partial charge in [-0.2, -0.15) is 0 Å². The van der Waals surface area contributed by atoms with Crippen LogP contribution in [0.1, 0.15) is 19.3 Å². The summed E-state index contributed by atoms with van der Waals surface area (Å²) in [5.74, 6) is 2.36. The van der Waals surface area contributed by atoms with E-state index in [1.54, 1.807) is 0 Å². The second kappa shape index (κ2) is 1.39. The highest BCUT2D eigenvalue weighted by atomic mass is 16.2. The number of nitrogens with one attached hydrogen (secondary N) is 1. The first-order valence-corrected chi connectivity index (χ1v) is 4.18. The SMILES string of the molecule is O=C1N[C@@H]2CCC[C@@H]3[C@@H]1[C@H]32. The zero-order valence-electron chi connectivity index (χ0n) is 5.84. The van der Waals surface area contributed by atoms with Crippen molar-refractivity contribution < 1.29 is 4.79 Å². The fourth-order valence-corrected chi connectivity index (χ4v) is 2.90. The summed E-state index contributed by atoms with van der Waals surface area (Å²) in [5.41, 5.74) is 0. The Kier molecular flexibility index (Phi) is 0.715. The average molecular weight is 137 g/mol. The van der Waals surface area contributed by atoms with Crippen LogP contribution in [0.4, 0.5) is 0 Å². The van der Waals surface area contributed by atoms with Gasteiger partial charge in [-0.05, 0) is 24.7 Å². The van der Waals surface area contributed by atoms with Crippen molar-refractivity contribution >= 4 is 5.91 Å². The van der Waals surface area contributed by atoms with Crippen LogP contribution >= 0.6 is 0 Å². The zero-order chi connectivity index (χ0) is 6.72. The summed E-state index contributed by atoms with van der Waals surface area (Å²) >= 11 is 0. The van der Waals surface area contributed by atoms with Gasteiger partial charge in [-0.1, -0.05) is 6.42 Å². The molecular weight excluding hydrogens is 126 g/mol. The first-order valence-electron chi connectivity index (χ1n) is 4.18. The van der Waals surface area contributed by atoms with Gasteiger partial charge in [-0.15, -0.1) is 0 Å². The van der Waals surface area contributed by atoms with Gasteiger partial charge in [0.15, 0.2) is 0 Å². The van der Waals surface area contributed by atoms with Crippen molar-refractivity contribution in [3.63, 3.8) is 0 Å². The highest BCUT2D eigenvalue weighted by Crippen LogP contribution is 2.58. The number of hydrogen-bond donors (Lipinski definition) is 1. The van der Waals surface area contributed by atoms with Crippen LogP contribution in [0.2, 0.25) is 0 Å². The van der Waals surface area contributed by atoms with Gasteiger partial charge >= 0.3 is 0 Å². The molecule has 1 aliphatic heterocycles. The van der Waals surface area contributed by atoms with Gasteiger partial charge in [-0.25, -0.2) is 0 Å². The number of rotatable bonds is 0. The number of fused-ring (bicyclic) bond motifs is 1. The summed E-state index contributed by atoms with van der Waals surface area (Å²) in [6, 6.07) is 0.580. The van der Waals surface area contributed by atoms with Gasteiger partial charge in [0.05, 0.1) is 0 Å². The van der Waals surface area contributed by atoms with Crippen LogP contribution in [0.3, 0.4) is 0 Å². The van der Waals surface area contributed by atoms with E-state index in [1.807, 2.05) is 0 Å². The van der Waals surface area contributed by atoms with Gasteiger partial charge < -0.3 is 5.32 Å². The molecule has 0 aromatic rings. The molecule has 2 aliphatic carbocycles. The molecule has 3 aliphatic rings. The van der Waals surface area contributed by atoms with Crippen molar-refractivity contribution in [2.75, 3.05) is 0 Å². The molecule has 0 unspecified atom stereocenters. The molecule has 0 bridgehead atoms. The highest BCUT2D eigenvalue weighted by molar-refractivity contribution is 5.86. The quantitative estimate of drug-likeness (QED) is 0.518. The van der Waals surface area contributed by atoms with Crippen LogP contribution < -0.4 is 5.32 Å². The highest BCUT2D eigenvalue weighted by Gasteiger charge is 2.63. The monoisotopic (exact) mass is 137 g/mol. The van der Waals surface area contributed by atoms with Gasteiger partial charge in [0, 0.05) is 12.0 Å². The van der Waals surface area contributed by atoms with E-state index in [-0.39, 0.29) is 0 Å². The number of amides is 1. The maximum Gasteiger partial charge on any atom is 0.223 e. The normalized spacial score (nSPS) is 55.8. The molecule has 1 amide bonds. The van der Waals surface area contributed by atoms with Crippen molar-refractivity contribution in [3.05, 3.63) is 0 Å². The van der Waals surface area contributed by atoms with Crippen molar-refractivity contribution in [2.45, 2.75) is 25.3 Å². The number of carbonyl (C=O) groups excluding carboxylic acids is 1. The molecular formula is C8H11NO. The van der Waals surface area contributed by atoms with Crippen LogP contribution in [0.25, 0.3) is 0 Å². The van der Waals surface area contributed by atoms with Crippen LogP contribution in [-0.2, 0) is 4.79 Å². The lowest BCUT2D eigenvalue weighted by atomic mass is 9.96. The van der Waals surface area contributed by atoms with Crippen LogP contribution in [-0.4, -0.2) is 11.9 Å². The molecule has 0 radical (unpaired) electrons. The Morgan fingerprint density at radius 3 is 3.00 bits per heavy atom. The second-order valence-corrected chi connectivity index (χ2v) is 3.81. The molecule has 54 valence electrons. The van der Waals surface area contributed by atoms with Crippen molar-refractivity contribution in [2.24, 2.45) is 17.8 Å². The minimum atomic E-state index is 0.347. The summed E-state index contributed by atoms with van der Waals surface area (Å²) in [6.07, 6.45) is 3.89.